The van der Waals surface area contributed by atoms with Gasteiger partial charge >= 0.3 is 5.97 Å². The lowest BCUT2D eigenvalue weighted by atomic mass is 9.93. The molecule has 0 spiro atoms. The average Bonchev–Trinajstić information content (AvgIpc) is 2.92. The Bertz CT molecular complexity index is 635. The minimum atomic E-state index is -1.37. The van der Waals surface area contributed by atoms with Gasteiger partial charge in [-0.1, -0.05) is 18.2 Å². The first-order valence-corrected chi connectivity index (χ1v) is 6.62. The van der Waals surface area contributed by atoms with Gasteiger partial charge in [0.2, 0.25) is 5.91 Å². The first-order valence-electron chi connectivity index (χ1n) is 6.62. The molecule has 0 fully saturated rings. The molecule has 1 heterocycles. The van der Waals surface area contributed by atoms with Crippen LogP contribution in [0.4, 0.5) is 0 Å². The molecule has 0 saturated heterocycles. The molecule has 1 aromatic heterocycles. The maximum absolute atomic E-state index is 10.9. The Labute approximate surface area is 127 Å². The Kier molecular flexibility index (Phi) is 6.27. The Morgan fingerprint density at radius 2 is 1.86 bits per heavy atom. The van der Waals surface area contributed by atoms with Crippen molar-refractivity contribution in [2.45, 2.75) is 19.4 Å². The highest BCUT2D eigenvalue weighted by atomic mass is 16.4. The van der Waals surface area contributed by atoms with Gasteiger partial charge in [-0.25, -0.2) is 0 Å². The lowest BCUT2D eigenvalue weighted by Crippen LogP contribution is -2.43. The summed E-state index contributed by atoms with van der Waals surface area (Å²) in [5.41, 5.74) is 11.2. The summed E-state index contributed by atoms with van der Waals surface area (Å²) in [5, 5.41) is 9.76. The zero-order valence-corrected chi connectivity index (χ0v) is 12.2. The standard InChI is InChI=1S/C8H7N.C7H12N2O4/c1-2-4-8-7(3-1)5-6-9-8;1-3(10)4(2-5(8)11)6(9)7(12)13/h1-6,9H;4,6H,2,9H2,1H3,(H2,8,11)(H,12,13)/t;4?,6-/m.0/s1. The second kappa shape index (κ2) is 7.94. The van der Waals surface area contributed by atoms with Crippen molar-refractivity contribution in [3.63, 3.8) is 0 Å². The molecule has 1 unspecified atom stereocenters. The number of amides is 1. The number of Topliss-reactive ketones (excluding diaryl/α,β-unsaturated/α-hetero) is 1. The molecule has 118 valence electrons. The van der Waals surface area contributed by atoms with Crippen molar-refractivity contribution in [2.24, 2.45) is 17.4 Å². The van der Waals surface area contributed by atoms with Crippen molar-refractivity contribution in [2.75, 3.05) is 0 Å². The zero-order chi connectivity index (χ0) is 16.7. The molecule has 7 heteroatoms. The van der Waals surface area contributed by atoms with E-state index in [4.69, 9.17) is 16.6 Å². The number of carboxylic acids is 1. The van der Waals surface area contributed by atoms with Gasteiger partial charge in [0.25, 0.3) is 0 Å². The molecule has 22 heavy (non-hydrogen) atoms. The van der Waals surface area contributed by atoms with Gasteiger partial charge in [0.15, 0.2) is 0 Å². The fourth-order valence-corrected chi connectivity index (χ4v) is 1.91. The van der Waals surface area contributed by atoms with Crippen molar-refractivity contribution < 1.29 is 19.5 Å². The van der Waals surface area contributed by atoms with Crippen LogP contribution in [0.1, 0.15) is 13.3 Å². The maximum atomic E-state index is 10.9. The number of carboxylic acid groups (broad SMARTS) is 1. The second-order valence-corrected chi connectivity index (χ2v) is 4.82. The van der Waals surface area contributed by atoms with E-state index >= 15 is 0 Å². The van der Waals surface area contributed by atoms with Crippen LogP contribution in [0.3, 0.4) is 0 Å². The normalized spacial score (nSPS) is 12.8. The Morgan fingerprint density at radius 1 is 1.23 bits per heavy atom. The number of hydrogen-bond donors (Lipinski definition) is 4. The summed E-state index contributed by atoms with van der Waals surface area (Å²) in [7, 11) is 0. The van der Waals surface area contributed by atoms with Gasteiger partial charge in [0, 0.05) is 18.1 Å². The van der Waals surface area contributed by atoms with Crippen LogP contribution in [0.2, 0.25) is 0 Å². The minimum Gasteiger partial charge on any atom is -0.480 e. The van der Waals surface area contributed by atoms with Crippen LogP contribution < -0.4 is 11.5 Å². The number of carbonyl (C=O) groups is 3. The van der Waals surface area contributed by atoms with E-state index in [9.17, 15) is 14.4 Å². The molecule has 0 radical (unpaired) electrons. The van der Waals surface area contributed by atoms with Crippen LogP contribution in [-0.4, -0.2) is 33.8 Å². The number of para-hydroxylation sites is 1. The lowest BCUT2D eigenvalue weighted by Gasteiger charge is -2.15. The average molecular weight is 305 g/mol. The molecular weight excluding hydrogens is 286 g/mol. The van der Waals surface area contributed by atoms with Crippen LogP contribution in [0, 0.1) is 5.92 Å². The number of aromatic amines is 1. The third-order valence-corrected chi connectivity index (χ3v) is 3.12. The van der Waals surface area contributed by atoms with E-state index < -0.39 is 29.6 Å². The molecule has 1 aromatic carbocycles. The molecule has 0 aliphatic carbocycles. The van der Waals surface area contributed by atoms with Crippen molar-refractivity contribution in [3.8, 4) is 0 Å². The fourth-order valence-electron chi connectivity index (χ4n) is 1.91. The number of benzene rings is 1. The van der Waals surface area contributed by atoms with E-state index in [1.807, 2.05) is 18.3 Å². The van der Waals surface area contributed by atoms with Gasteiger partial charge in [-0.3, -0.25) is 14.4 Å². The monoisotopic (exact) mass is 305 g/mol. The number of ketones is 1. The number of aromatic nitrogens is 1. The van der Waals surface area contributed by atoms with Crippen LogP contribution in [0.15, 0.2) is 36.5 Å². The summed E-state index contributed by atoms with van der Waals surface area (Å²) >= 11 is 0. The van der Waals surface area contributed by atoms with E-state index in [0.29, 0.717) is 0 Å². The molecule has 1 amide bonds. The van der Waals surface area contributed by atoms with E-state index in [2.05, 4.69) is 23.2 Å². The summed E-state index contributed by atoms with van der Waals surface area (Å²) < 4.78 is 0. The summed E-state index contributed by atoms with van der Waals surface area (Å²) in [6.07, 6.45) is 1.62. The summed E-state index contributed by atoms with van der Waals surface area (Å²) in [6, 6.07) is 8.91. The highest BCUT2D eigenvalue weighted by Gasteiger charge is 2.29. The summed E-state index contributed by atoms with van der Waals surface area (Å²) in [6.45, 7) is 1.18. The van der Waals surface area contributed by atoms with E-state index in [-0.39, 0.29) is 6.42 Å². The number of nitrogens with two attached hydrogens (primary N) is 2. The number of nitrogens with one attached hydrogen (secondary N) is 1. The van der Waals surface area contributed by atoms with Crippen LogP contribution in [-0.2, 0) is 14.4 Å². The highest BCUT2D eigenvalue weighted by molar-refractivity contribution is 5.90. The fraction of sp³-hybridized carbons (Fsp3) is 0.267. The molecule has 0 saturated carbocycles. The van der Waals surface area contributed by atoms with Gasteiger partial charge in [-0.2, -0.15) is 0 Å². The Hall–Kier alpha value is -2.67. The molecule has 0 bridgehead atoms. The minimum absolute atomic E-state index is 0.331. The van der Waals surface area contributed by atoms with Crippen molar-refractivity contribution >= 4 is 28.6 Å². The topological polar surface area (TPSA) is 139 Å². The molecule has 2 atom stereocenters. The number of primary amides is 1. The van der Waals surface area contributed by atoms with Gasteiger partial charge < -0.3 is 21.6 Å². The van der Waals surface area contributed by atoms with Gasteiger partial charge in [-0.05, 0) is 24.4 Å². The van der Waals surface area contributed by atoms with Crippen molar-refractivity contribution in [3.05, 3.63) is 36.5 Å². The van der Waals surface area contributed by atoms with Gasteiger partial charge in [-0.15, -0.1) is 0 Å². The summed E-state index contributed by atoms with van der Waals surface area (Å²) in [4.78, 5) is 34.9. The number of H-pyrrole nitrogens is 1. The number of aliphatic carboxylic acids is 1. The highest BCUT2D eigenvalue weighted by Crippen LogP contribution is 2.09. The third-order valence-electron chi connectivity index (χ3n) is 3.12. The molecule has 0 aliphatic rings. The van der Waals surface area contributed by atoms with E-state index in [1.165, 1.54) is 17.8 Å². The van der Waals surface area contributed by atoms with Crippen LogP contribution >= 0.6 is 0 Å². The summed E-state index contributed by atoms with van der Waals surface area (Å²) in [5.74, 6) is -3.54. The third kappa shape index (κ3) is 5.02. The van der Waals surface area contributed by atoms with Crippen LogP contribution in [0.5, 0.6) is 0 Å². The molecule has 2 aromatic rings. The quantitative estimate of drug-likeness (QED) is 0.642. The Morgan fingerprint density at radius 3 is 2.36 bits per heavy atom. The Balaban J connectivity index is 0.000000231. The molecule has 0 aliphatic heterocycles. The smallest absolute Gasteiger partial charge is 0.321 e. The number of rotatable bonds is 5. The maximum Gasteiger partial charge on any atom is 0.321 e. The molecule has 6 N–H and O–H groups in total. The van der Waals surface area contributed by atoms with Crippen LogP contribution in [0.25, 0.3) is 10.9 Å². The number of fused-ring (bicyclic) bond motifs is 1. The largest absolute Gasteiger partial charge is 0.480 e. The van der Waals surface area contributed by atoms with Gasteiger partial charge in [0.05, 0.1) is 5.92 Å². The van der Waals surface area contributed by atoms with E-state index in [1.54, 1.807) is 0 Å². The molecular formula is C15H19N3O4. The SMILES string of the molecule is CC(=O)C(CC(N)=O)[C@H](N)C(=O)O.c1ccc2[nH]ccc2c1. The predicted molar refractivity (Wildman–Crippen MR) is 81.9 cm³/mol. The van der Waals surface area contributed by atoms with Crippen molar-refractivity contribution in [1.29, 1.82) is 0 Å². The van der Waals surface area contributed by atoms with Crippen molar-refractivity contribution in [1.82, 2.24) is 4.98 Å². The zero-order valence-electron chi connectivity index (χ0n) is 12.2. The number of hydrogen-bond acceptors (Lipinski definition) is 4. The second-order valence-electron chi connectivity index (χ2n) is 4.82. The molecule has 2 rings (SSSR count). The first-order chi connectivity index (χ1) is 10.3. The predicted octanol–water partition coefficient (Wildman–Crippen LogP) is 0.647. The van der Waals surface area contributed by atoms with Gasteiger partial charge in [0.1, 0.15) is 11.8 Å². The lowest BCUT2D eigenvalue weighted by molar-refractivity contribution is -0.142. The number of carbonyl (C=O) groups excluding carboxylic acids is 2. The first kappa shape index (κ1) is 17.4. The van der Waals surface area contributed by atoms with E-state index in [0.717, 1.165) is 0 Å². The molecule has 7 nitrogen and oxygen atoms in total.